The van der Waals surface area contributed by atoms with Crippen LogP contribution in [0.1, 0.15) is 12.0 Å². The Hall–Kier alpha value is -2.02. The average Bonchev–Trinajstić information content (AvgIpc) is 2.25. The normalized spacial score (nSPS) is 9.33. The Kier molecular flexibility index (Phi) is 3.69. The zero-order valence-electron chi connectivity index (χ0n) is 8.40. The molecule has 15 heavy (non-hydrogen) atoms. The maximum absolute atomic E-state index is 10.7. The highest BCUT2D eigenvalue weighted by atomic mass is 16.6. The van der Waals surface area contributed by atoms with E-state index >= 15 is 0 Å². The molecule has 0 atom stereocenters. The van der Waals surface area contributed by atoms with E-state index in [1.807, 2.05) is 0 Å². The zero-order chi connectivity index (χ0) is 11.3. The number of ether oxygens (including phenoxy) is 1. The fraction of sp³-hybridized carbons (Fsp3) is 0.273. The van der Waals surface area contributed by atoms with Crippen LogP contribution < -0.4 is 4.74 Å². The fourth-order valence-corrected chi connectivity index (χ4v) is 1.25. The van der Waals surface area contributed by atoms with Gasteiger partial charge >= 0.3 is 5.69 Å². The number of terminal acetylenes is 1. The maximum Gasteiger partial charge on any atom is 0.311 e. The number of nitro groups is 1. The number of nitro benzene ring substituents is 1. The van der Waals surface area contributed by atoms with Crippen molar-refractivity contribution in [2.75, 3.05) is 7.11 Å². The molecule has 0 saturated carbocycles. The SMILES string of the molecule is C#CCCc1ccc(OC)c([N+](=O)[O-])c1. The summed E-state index contributed by atoms with van der Waals surface area (Å²) in [6, 6.07) is 4.86. The molecule has 0 bridgehead atoms. The Labute approximate surface area is 88.0 Å². The molecular formula is C11H11NO3. The molecule has 0 aliphatic heterocycles. The van der Waals surface area contributed by atoms with Gasteiger partial charge in [-0.05, 0) is 18.1 Å². The summed E-state index contributed by atoms with van der Waals surface area (Å²) in [5.74, 6) is 2.76. The molecule has 78 valence electrons. The van der Waals surface area contributed by atoms with E-state index in [9.17, 15) is 10.1 Å². The van der Waals surface area contributed by atoms with E-state index in [2.05, 4.69) is 5.92 Å². The van der Waals surface area contributed by atoms with E-state index in [0.29, 0.717) is 12.8 Å². The fourth-order valence-electron chi connectivity index (χ4n) is 1.25. The molecule has 0 saturated heterocycles. The summed E-state index contributed by atoms with van der Waals surface area (Å²) >= 11 is 0. The minimum atomic E-state index is -0.460. The van der Waals surface area contributed by atoms with Crippen molar-refractivity contribution in [3.05, 3.63) is 33.9 Å². The molecule has 0 fully saturated rings. The number of methoxy groups -OCH3 is 1. The van der Waals surface area contributed by atoms with Gasteiger partial charge in [0, 0.05) is 12.5 Å². The molecule has 0 aliphatic carbocycles. The maximum atomic E-state index is 10.7. The molecule has 1 aromatic rings. The third-order valence-electron chi connectivity index (χ3n) is 2.00. The molecule has 0 aliphatic rings. The summed E-state index contributed by atoms with van der Waals surface area (Å²) in [5.41, 5.74) is 0.826. The number of aryl methyl sites for hydroxylation is 1. The van der Waals surface area contributed by atoms with Gasteiger partial charge in [-0.25, -0.2) is 0 Å². The lowest BCUT2D eigenvalue weighted by atomic mass is 10.1. The molecule has 4 heteroatoms. The second-order valence-electron chi connectivity index (χ2n) is 2.97. The second kappa shape index (κ2) is 5.01. The van der Waals surface area contributed by atoms with Crippen LogP contribution in [0.2, 0.25) is 0 Å². The highest BCUT2D eigenvalue weighted by molar-refractivity contribution is 5.48. The van der Waals surface area contributed by atoms with Crippen LogP contribution in [-0.2, 0) is 6.42 Å². The van der Waals surface area contributed by atoms with Gasteiger partial charge < -0.3 is 4.74 Å². The first-order valence-corrected chi connectivity index (χ1v) is 4.43. The number of rotatable bonds is 4. The molecule has 1 rings (SSSR count). The quantitative estimate of drug-likeness (QED) is 0.430. The van der Waals surface area contributed by atoms with E-state index in [-0.39, 0.29) is 11.4 Å². The van der Waals surface area contributed by atoms with Gasteiger partial charge in [-0.15, -0.1) is 12.3 Å². The van der Waals surface area contributed by atoms with E-state index in [1.54, 1.807) is 12.1 Å². The van der Waals surface area contributed by atoms with Crippen molar-refractivity contribution in [3.63, 3.8) is 0 Å². The van der Waals surface area contributed by atoms with Crippen molar-refractivity contribution in [1.82, 2.24) is 0 Å². The molecule has 0 amide bonds. The lowest BCUT2D eigenvalue weighted by molar-refractivity contribution is -0.385. The van der Waals surface area contributed by atoms with Crippen LogP contribution in [0.15, 0.2) is 18.2 Å². The van der Waals surface area contributed by atoms with Crippen LogP contribution in [0.25, 0.3) is 0 Å². The standard InChI is InChI=1S/C11H11NO3/c1-3-4-5-9-6-7-11(15-2)10(8-9)12(13)14/h1,6-8H,4-5H2,2H3. The highest BCUT2D eigenvalue weighted by Gasteiger charge is 2.14. The van der Waals surface area contributed by atoms with E-state index in [1.165, 1.54) is 13.2 Å². The van der Waals surface area contributed by atoms with Gasteiger partial charge in [0.1, 0.15) is 0 Å². The number of nitrogens with zero attached hydrogens (tertiary/aromatic N) is 1. The highest BCUT2D eigenvalue weighted by Crippen LogP contribution is 2.27. The molecule has 0 N–H and O–H groups in total. The summed E-state index contributed by atoms with van der Waals surface area (Å²) in [6.07, 6.45) is 6.33. The molecule has 4 nitrogen and oxygen atoms in total. The van der Waals surface area contributed by atoms with Crippen molar-refractivity contribution in [3.8, 4) is 18.1 Å². The summed E-state index contributed by atoms with van der Waals surface area (Å²) in [7, 11) is 1.41. The van der Waals surface area contributed by atoms with Crippen molar-refractivity contribution < 1.29 is 9.66 Å². The molecule has 0 heterocycles. The van der Waals surface area contributed by atoms with Gasteiger partial charge in [-0.1, -0.05) is 6.07 Å². The average molecular weight is 205 g/mol. The van der Waals surface area contributed by atoms with Crippen LogP contribution in [0.3, 0.4) is 0 Å². The second-order valence-corrected chi connectivity index (χ2v) is 2.97. The van der Waals surface area contributed by atoms with E-state index in [0.717, 1.165) is 5.56 Å². The van der Waals surface area contributed by atoms with Crippen LogP contribution in [0.4, 0.5) is 5.69 Å². The zero-order valence-corrected chi connectivity index (χ0v) is 8.40. The number of hydrogen-bond acceptors (Lipinski definition) is 3. The predicted octanol–water partition coefficient (Wildman–Crippen LogP) is 2.17. The largest absolute Gasteiger partial charge is 0.490 e. The topological polar surface area (TPSA) is 52.4 Å². The van der Waals surface area contributed by atoms with E-state index < -0.39 is 4.92 Å². The van der Waals surface area contributed by atoms with E-state index in [4.69, 9.17) is 11.2 Å². The van der Waals surface area contributed by atoms with Gasteiger partial charge in [0.25, 0.3) is 0 Å². The Morgan fingerprint density at radius 1 is 1.60 bits per heavy atom. The van der Waals surface area contributed by atoms with Gasteiger partial charge in [0.15, 0.2) is 5.75 Å². The third-order valence-corrected chi connectivity index (χ3v) is 2.00. The van der Waals surface area contributed by atoms with Crippen molar-refractivity contribution in [2.45, 2.75) is 12.8 Å². The van der Waals surface area contributed by atoms with Crippen LogP contribution in [-0.4, -0.2) is 12.0 Å². The summed E-state index contributed by atoms with van der Waals surface area (Å²) in [5, 5.41) is 10.7. The molecule has 0 radical (unpaired) electrons. The summed E-state index contributed by atoms with van der Waals surface area (Å²) in [4.78, 5) is 10.2. The Bertz CT molecular complexity index is 407. The Morgan fingerprint density at radius 2 is 2.33 bits per heavy atom. The Morgan fingerprint density at radius 3 is 2.87 bits per heavy atom. The van der Waals surface area contributed by atoms with Gasteiger partial charge in [0.2, 0.25) is 0 Å². The van der Waals surface area contributed by atoms with Gasteiger partial charge in [-0.3, -0.25) is 10.1 Å². The predicted molar refractivity (Wildman–Crippen MR) is 56.8 cm³/mol. The summed E-state index contributed by atoms with van der Waals surface area (Å²) in [6.45, 7) is 0. The minimum absolute atomic E-state index is 0.0213. The van der Waals surface area contributed by atoms with Gasteiger partial charge in [0.05, 0.1) is 12.0 Å². The van der Waals surface area contributed by atoms with Crippen molar-refractivity contribution in [2.24, 2.45) is 0 Å². The lowest BCUT2D eigenvalue weighted by Gasteiger charge is -2.03. The van der Waals surface area contributed by atoms with Crippen LogP contribution >= 0.6 is 0 Å². The molecule has 0 aromatic heterocycles. The molecule has 1 aromatic carbocycles. The first-order valence-electron chi connectivity index (χ1n) is 4.43. The van der Waals surface area contributed by atoms with Crippen molar-refractivity contribution in [1.29, 1.82) is 0 Å². The van der Waals surface area contributed by atoms with Crippen LogP contribution in [0.5, 0.6) is 5.75 Å². The Balaban J connectivity index is 3.00. The molecular weight excluding hydrogens is 194 g/mol. The first kappa shape index (κ1) is 11.1. The number of benzene rings is 1. The third kappa shape index (κ3) is 2.71. The number of hydrogen-bond donors (Lipinski definition) is 0. The lowest BCUT2D eigenvalue weighted by Crippen LogP contribution is -1.95. The molecule has 0 spiro atoms. The van der Waals surface area contributed by atoms with Gasteiger partial charge in [-0.2, -0.15) is 0 Å². The smallest absolute Gasteiger partial charge is 0.311 e. The minimum Gasteiger partial charge on any atom is -0.490 e. The first-order chi connectivity index (χ1) is 7.19. The molecule has 0 unspecified atom stereocenters. The monoisotopic (exact) mass is 205 g/mol. The summed E-state index contributed by atoms with van der Waals surface area (Å²) < 4.78 is 4.88. The van der Waals surface area contributed by atoms with Crippen molar-refractivity contribution >= 4 is 5.69 Å². The van der Waals surface area contributed by atoms with Crippen LogP contribution in [0, 0.1) is 22.5 Å².